The van der Waals surface area contributed by atoms with Gasteiger partial charge in [0.05, 0.1) is 5.02 Å². The molecule has 19 heavy (non-hydrogen) atoms. The number of carbonyl (C=O) groups excluding carboxylic acids is 1. The average molecular weight is 287 g/mol. The van der Waals surface area contributed by atoms with E-state index in [2.05, 4.69) is 10.6 Å². The van der Waals surface area contributed by atoms with Gasteiger partial charge in [-0.15, -0.1) is 0 Å². The fraction of sp³-hybridized carbons (Fsp3) is 0.462. The minimum absolute atomic E-state index is 0.0526. The summed E-state index contributed by atoms with van der Waals surface area (Å²) in [4.78, 5) is 11.0. The molecule has 1 aliphatic heterocycles. The van der Waals surface area contributed by atoms with E-state index in [4.69, 9.17) is 16.3 Å². The molecule has 6 heteroatoms. The second-order valence-electron chi connectivity index (χ2n) is 4.56. The number of benzene rings is 1. The zero-order chi connectivity index (χ0) is 13.8. The molecule has 1 aromatic carbocycles. The normalized spacial score (nSPS) is 22.9. The van der Waals surface area contributed by atoms with E-state index in [9.17, 15) is 9.18 Å². The Balaban J connectivity index is 1.94. The standard InChI is InChI=1S/C13H16ClFN2O2/c1-8(18)17-9-4-5-16-13(6-9)19-10-2-3-11(14)12(15)7-10/h2-3,7,9,13,16H,4-6H2,1H3,(H,17,18). The molecular weight excluding hydrogens is 271 g/mol. The minimum Gasteiger partial charge on any atom is -0.475 e. The van der Waals surface area contributed by atoms with Gasteiger partial charge in [-0.1, -0.05) is 11.6 Å². The Labute approximate surface area is 116 Å². The number of carbonyl (C=O) groups is 1. The molecule has 0 saturated carbocycles. The molecule has 1 fully saturated rings. The number of halogens is 2. The predicted molar refractivity (Wildman–Crippen MR) is 70.7 cm³/mol. The molecule has 1 amide bonds. The van der Waals surface area contributed by atoms with Crippen LogP contribution in [0.3, 0.4) is 0 Å². The lowest BCUT2D eigenvalue weighted by Crippen LogP contribution is -2.49. The van der Waals surface area contributed by atoms with E-state index in [1.165, 1.54) is 19.1 Å². The van der Waals surface area contributed by atoms with Crippen molar-refractivity contribution in [2.24, 2.45) is 0 Å². The first kappa shape index (κ1) is 14.1. The summed E-state index contributed by atoms with van der Waals surface area (Å²) in [5, 5.41) is 6.11. The van der Waals surface area contributed by atoms with Gasteiger partial charge in [0.25, 0.3) is 0 Å². The van der Waals surface area contributed by atoms with Gasteiger partial charge in [0.1, 0.15) is 11.6 Å². The van der Waals surface area contributed by atoms with Gasteiger partial charge < -0.3 is 10.1 Å². The monoisotopic (exact) mass is 286 g/mol. The van der Waals surface area contributed by atoms with Gasteiger partial charge in [0, 0.05) is 32.0 Å². The van der Waals surface area contributed by atoms with Crippen LogP contribution in [0, 0.1) is 5.82 Å². The molecule has 1 heterocycles. The van der Waals surface area contributed by atoms with E-state index in [-0.39, 0.29) is 23.2 Å². The zero-order valence-electron chi connectivity index (χ0n) is 10.6. The van der Waals surface area contributed by atoms with Gasteiger partial charge in [-0.2, -0.15) is 0 Å². The number of ether oxygens (including phenoxy) is 1. The van der Waals surface area contributed by atoms with Crippen molar-refractivity contribution in [2.75, 3.05) is 6.54 Å². The highest BCUT2D eigenvalue weighted by atomic mass is 35.5. The summed E-state index contributed by atoms with van der Waals surface area (Å²) in [6.07, 6.45) is 1.25. The summed E-state index contributed by atoms with van der Waals surface area (Å²) < 4.78 is 18.9. The van der Waals surface area contributed by atoms with Crippen LogP contribution < -0.4 is 15.4 Å². The maximum absolute atomic E-state index is 13.3. The lowest BCUT2D eigenvalue weighted by molar-refractivity contribution is -0.120. The number of hydrogen-bond donors (Lipinski definition) is 2. The summed E-state index contributed by atoms with van der Waals surface area (Å²) in [5.74, 6) is -0.139. The van der Waals surface area contributed by atoms with Gasteiger partial charge in [-0.05, 0) is 18.6 Å². The second kappa shape index (κ2) is 6.21. The molecule has 4 nitrogen and oxygen atoms in total. The lowest BCUT2D eigenvalue weighted by Gasteiger charge is -2.30. The average Bonchev–Trinajstić information content (AvgIpc) is 2.33. The fourth-order valence-corrected chi connectivity index (χ4v) is 2.22. The van der Waals surface area contributed by atoms with Crippen LogP contribution in [-0.4, -0.2) is 24.7 Å². The molecule has 104 valence electrons. The van der Waals surface area contributed by atoms with Gasteiger partial charge in [0.15, 0.2) is 6.23 Å². The van der Waals surface area contributed by atoms with Crippen LogP contribution in [0.5, 0.6) is 5.75 Å². The van der Waals surface area contributed by atoms with E-state index in [0.29, 0.717) is 12.2 Å². The second-order valence-corrected chi connectivity index (χ2v) is 4.97. The van der Waals surface area contributed by atoms with Crippen LogP contribution in [0.2, 0.25) is 5.02 Å². The molecule has 0 bridgehead atoms. The Kier molecular flexibility index (Phi) is 4.61. The van der Waals surface area contributed by atoms with Crippen LogP contribution in [0.15, 0.2) is 18.2 Å². The van der Waals surface area contributed by atoms with E-state index in [1.807, 2.05) is 0 Å². The van der Waals surface area contributed by atoms with Crippen LogP contribution in [0.4, 0.5) is 4.39 Å². The number of hydrogen-bond acceptors (Lipinski definition) is 3. The molecule has 1 aliphatic rings. The lowest BCUT2D eigenvalue weighted by atomic mass is 10.1. The van der Waals surface area contributed by atoms with Crippen LogP contribution >= 0.6 is 11.6 Å². The van der Waals surface area contributed by atoms with E-state index in [0.717, 1.165) is 13.0 Å². The molecule has 2 unspecified atom stereocenters. The first-order valence-corrected chi connectivity index (χ1v) is 6.54. The number of piperidine rings is 1. The maximum Gasteiger partial charge on any atom is 0.217 e. The van der Waals surface area contributed by atoms with Crippen molar-refractivity contribution in [2.45, 2.75) is 32.0 Å². The topological polar surface area (TPSA) is 50.4 Å². The molecule has 1 aromatic rings. The minimum atomic E-state index is -0.506. The Morgan fingerprint density at radius 3 is 3.05 bits per heavy atom. The largest absolute Gasteiger partial charge is 0.475 e. The van der Waals surface area contributed by atoms with Gasteiger partial charge >= 0.3 is 0 Å². The summed E-state index contributed by atoms with van der Waals surface area (Å²) in [5.41, 5.74) is 0. The van der Waals surface area contributed by atoms with Crippen molar-refractivity contribution in [3.63, 3.8) is 0 Å². The SMILES string of the molecule is CC(=O)NC1CCNC(Oc2ccc(Cl)c(F)c2)C1. The van der Waals surface area contributed by atoms with Crippen molar-refractivity contribution in [1.82, 2.24) is 10.6 Å². The van der Waals surface area contributed by atoms with E-state index in [1.54, 1.807) is 6.07 Å². The summed E-state index contributed by atoms with van der Waals surface area (Å²) >= 11 is 5.61. The third-order valence-corrected chi connectivity index (χ3v) is 3.25. The number of amides is 1. The molecule has 2 rings (SSSR count). The van der Waals surface area contributed by atoms with E-state index < -0.39 is 5.82 Å². The maximum atomic E-state index is 13.3. The van der Waals surface area contributed by atoms with Crippen molar-refractivity contribution in [3.8, 4) is 5.75 Å². The van der Waals surface area contributed by atoms with Crippen molar-refractivity contribution in [3.05, 3.63) is 29.0 Å². The highest BCUT2D eigenvalue weighted by Gasteiger charge is 2.23. The van der Waals surface area contributed by atoms with Crippen molar-refractivity contribution < 1.29 is 13.9 Å². The first-order valence-electron chi connectivity index (χ1n) is 6.17. The van der Waals surface area contributed by atoms with Crippen LogP contribution in [0.1, 0.15) is 19.8 Å². The molecule has 2 N–H and O–H groups in total. The molecule has 0 radical (unpaired) electrons. The Morgan fingerprint density at radius 1 is 1.58 bits per heavy atom. The van der Waals surface area contributed by atoms with Crippen LogP contribution in [0.25, 0.3) is 0 Å². The number of nitrogens with one attached hydrogen (secondary N) is 2. The van der Waals surface area contributed by atoms with E-state index >= 15 is 0 Å². The van der Waals surface area contributed by atoms with Crippen LogP contribution in [-0.2, 0) is 4.79 Å². The van der Waals surface area contributed by atoms with Crippen molar-refractivity contribution in [1.29, 1.82) is 0 Å². The quantitative estimate of drug-likeness (QED) is 0.894. The fourth-order valence-electron chi connectivity index (χ4n) is 2.10. The molecule has 0 aliphatic carbocycles. The highest BCUT2D eigenvalue weighted by Crippen LogP contribution is 2.22. The summed E-state index contributed by atoms with van der Waals surface area (Å²) in [6.45, 7) is 2.23. The number of rotatable bonds is 3. The Bertz CT molecular complexity index is 470. The molecular formula is C13H16ClFN2O2. The highest BCUT2D eigenvalue weighted by molar-refractivity contribution is 6.30. The molecule has 1 saturated heterocycles. The summed E-state index contributed by atoms with van der Waals surface area (Å²) in [6, 6.07) is 4.42. The third-order valence-electron chi connectivity index (χ3n) is 2.94. The third kappa shape index (κ3) is 4.08. The van der Waals surface area contributed by atoms with Gasteiger partial charge in [0.2, 0.25) is 5.91 Å². The smallest absolute Gasteiger partial charge is 0.217 e. The Morgan fingerprint density at radius 2 is 2.37 bits per heavy atom. The molecule has 0 aromatic heterocycles. The van der Waals surface area contributed by atoms with Gasteiger partial charge in [-0.25, -0.2) is 4.39 Å². The summed E-state index contributed by atoms with van der Waals surface area (Å²) in [7, 11) is 0. The predicted octanol–water partition coefficient (Wildman–Crippen LogP) is 2.07. The first-order chi connectivity index (χ1) is 9.04. The molecule has 0 spiro atoms. The Hall–Kier alpha value is -1.33. The van der Waals surface area contributed by atoms with Crippen molar-refractivity contribution >= 4 is 17.5 Å². The molecule has 2 atom stereocenters. The zero-order valence-corrected chi connectivity index (χ0v) is 11.3. The van der Waals surface area contributed by atoms with Gasteiger partial charge in [-0.3, -0.25) is 10.1 Å².